The third-order valence-corrected chi connectivity index (χ3v) is 3.60. The van der Waals surface area contributed by atoms with Gasteiger partial charge in [0.15, 0.2) is 5.78 Å². The smallest absolute Gasteiger partial charge is 0.170 e. The van der Waals surface area contributed by atoms with E-state index in [0.717, 1.165) is 21.9 Å². The fourth-order valence-corrected chi connectivity index (χ4v) is 2.48. The summed E-state index contributed by atoms with van der Waals surface area (Å²) < 4.78 is 13.8. The van der Waals surface area contributed by atoms with E-state index < -0.39 is 5.82 Å². The minimum atomic E-state index is -0.444. The third kappa shape index (κ3) is 2.84. The van der Waals surface area contributed by atoms with E-state index in [9.17, 15) is 9.18 Å². The molecule has 3 aromatic carbocycles. The molecule has 0 saturated heterocycles. The van der Waals surface area contributed by atoms with Gasteiger partial charge in [-0.15, -0.1) is 0 Å². The average molecular weight is 278 g/mol. The van der Waals surface area contributed by atoms with Crippen LogP contribution in [0.15, 0.2) is 60.7 Å². The summed E-state index contributed by atoms with van der Waals surface area (Å²) in [7, 11) is 0. The molecule has 0 unspecified atom stereocenters. The van der Waals surface area contributed by atoms with Crippen molar-refractivity contribution in [2.24, 2.45) is 0 Å². The molecule has 21 heavy (non-hydrogen) atoms. The van der Waals surface area contributed by atoms with Gasteiger partial charge >= 0.3 is 0 Å². The number of aryl methyl sites for hydroxylation is 1. The number of carbonyl (C=O) groups is 1. The summed E-state index contributed by atoms with van der Waals surface area (Å²) >= 11 is 0. The molecule has 0 aliphatic carbocycles. The molecule has 0 atom stereocenters. The fourth-order valence-electron chi connectivity index (χ4n) is 2.48. The molecular formula is C19H15FO. The van der Waals surface area contributed by atoms with Gasteiger partial charge in [0.25, 0.3) is 0 Å². The number of hydrogen-bond acceptors (Lipinski definition) is 1. The highest BCUT2D eigenvalue weighted by Crippen LogP contribution is 2.18. The maximum atomic E-state index is 13.8. The predicted octanol–water partition coefficient (Wildman–Crippen LogP) is 4.71. The summed E-state index contributed by atoms with van der Waals surface area (Å²) in [6.45, 7) is 1.81. The van der Waals surface area contributed by atoms with Gasteiger partial charge in [0.2, 0.25) is 0 Å². The lowest BCUT2D eigenvalue weighted by molar-refractivity contribution is 0.0989. The van der Waals surface area contributed by atoms with E-state index >= 15 is 0 Å². The standard InChI is InChI=1S/C19H15FO/c1-13-6-9-17(18(20)10-13)19(21)12-14-7-8-15-4-2-3-5-16(15)11-14/h2-11H,12H2,1H3. The monoisotopic (exact) mass is 278 g/mol. The van der Waals surface area contributed by atoms with Gasteiger partial charge in [0.05, 0.1) is 5.56 Å². The van der Waals surface area contributed by atoms with Crippen LogP contribution in [-0.2, 0) is 6.42 Å². The summed E-state index contributed by atoms with van der Waals surface area (Å²) in [5.41, 5.74) is 1.88. The van der Waals surface area contributed by atoms with Crippen molar-refractivity contribution in [2.75, 3.05) is 0 Å². The molecule has 0 heterocycles. The minimum absolute atomic E-state index is 0.161. The number of rotatable bonds is 3. The van der Waals surface area contributed by atoms with Crippen LogP contribution in [-0.4, -0.2) is 5.78 Å². The Morgan fingerprint density at radius 1 is 0.952 bits per heavy atom. The molecule has 0 aliphatic heterocycles. The van der Waals surface area contributed by atoms with Gasteiger partial charge < -0.3 is 0 Å². The molecule has 3 aromatic rings. The highest BCUT2D eigenvalue weighted by atomic mass is 19.1. The van der Waals surface area contributed by atoms with E-state index in [0.29, 0.717) is 0 Å². The quantitative estimate of drug-likeness (QED) is 0.634. The second-order valence-corrected chi connectivity index (χ2v) is 5.26. The number of hydrogen-bond donors (Lipinski definition) is 0. The van der Waals surface area contributed by atoms with Gasteiger partial charge in [-0.05, 0) is 41.0 Å². The molecule has 0 spiro atoms. The number of benzene rings is 3. The third-order valence-electron chi connectivity index (χ3n) is 3.60. The number of carbonyl (C=O) groups excluding carboxylic acids is 1. The first-order valence-electron chi connectivity index (χ1n) is 6.90. The van der Waals surface area contributed by atoms with E-state index in [1.165, 1.54) is 6.07 Å². The molecule has 0 aliphatic rings. The summed E-state index contributed by atoms with van der Waals surface area (Å²) in [5.74, 6) is -0.636. The topological polar surface area (TPSA) is 17.1 Å². The Balaban J connectivity index is 1.89. The van der Waals surface area contributed by atoms with Gasteiger partial charge in [-0.25, -0.2) is 4.39 Å². The first-order valence-corrected chi connectivity index (χ1v) is 6.90. The lowest BCUT2D eigenvalue weighted by atomic mass is 9.99. The van der Waals surface area contributed by atoms with Crippen LogP contribution in [0.1, 0.15) is 21.5 Å². The molecule has 0 bridgehead atoms. The molecular weight excluding hydrogens is 263 g/mol. The lowest BCUT2D eigenvalue weighted by Gasteiger charge is -2.05. The molecule has 3 rings (SSSR count). The second kappa shape index (κ2) is 5.49. The van der Waals surface area contributed by atoms with Crippen LogP contribution in [0.2, 0.25) is 0 Å². The maximum Gasteiger partial charge on any atom is 0.170 e. The Bertz CT molecular complexity index is 821. The number of Topliss-reactive ketones (excluding diaryl/α,β-unsaturated/α-hetero) is 1. The molecule has 104 valence electrons. The summed E-state index contributed by atoms with van der Waals surface area (Å²) in [4.78, 5) is 12.2. The highest BCUT2D eigenvalue weighted by molar-refractivity contribution is 5.98. The van der Waals surface area contributed by atoms with Crippen LogP contribution >= 0.6 is 0 Å². The Kier molecular flexibility index (Phi) is 3.53. The van der Waals surface area contributed by atoms with Gasteiger partial charge in [-0.3, -0.25) is 4.79 Å². The van der Waals surface area contributed by atoms with Crippen LogP contribution < -0.4 is 0 Å². The molecule has 0 N–H and O–H groups in total. The van der Waals surface area contributed by atoms with E-state index in [1.807, 2.05) is 42.5 Å². The molecule has 0 fully saturated rings. The van der Waals surface area contributed by atoms with Crippen LogP contribution in [0.4, 0.5) is 4.39 Å². The first-order chi connectivity index (χ1) is 10.1. The van der Waals surface area contributed by atoms with Crippen molar-refractivity contribution < 1.29 is 9.18 Å². The van der Waals surface area contributed by atoms with Crippen LogP contribution in [0.25, 0.3) is 10.8 Å². The van der Waals surface area contributed by atoms with Crippen molar-refractivity contribution in [1.82, 2.24) is 0 Å². The normalized spacial score (nSPS) is 10.8. The van der Waals surface area contributed by atoms with Crippen LogP contribution in [0.3, 0.4) is 0 Å². The first kappa shape index (κ1) is 13.5. The zero-order chi connectivity index (χ0) is 14.8. The van der Waals surface area contributed by atoms with Crippen molar-refractivity contribution in [3.63, 3.8) is 0 Å². The van der Waals surface area contributed by atoms with Crippen LogP contribution in [0.5, 0.6) is 0 Å². The Labute approximate surface area is 123 Å². The number of ketones is 1. The van der Waals surface area contributed by atoms with Crippen molar-refractivity contribution in [3.8, 4) is 0 Å². The molecule has 0 radical (unpaired) electrons. The largest absolute Gasteiger partial charge is 0.294 e. The highest BCUT2D eigenvalue weighted by Gasteiger charge is 2.12. The zero-order valence-electron chi connectivity index (χ0n) is 11.8. The van der Waals surface area contributed by atoms with E-state index in [4.69, 9.17) is 0 Å². The van der Waals surface area contributed by atoms with Crippen molar-refractivity contribution >= 4 is 16.6 Å². The lowest BCUT2D eigenvalue weighted by Crippen LogP contribution is -2.06. The maximum absolute atomic E-state index is 13.8. The van der Waals surface area contributed by atoms with Gasteiger partial charge in [0.1, 0.15) is 5.82 Å². The molecule has 0 aromatic heterocycles. The summed E-state index contributed by atoms with van der Waals surface area (Å²) in [6, 6.07) is 18.6. The predicted molar refractivity (Wildman–Crippen MR) is 83.1 cm³/mol. The fraction of sp³-hybridized carbons (Fsp3) is 0.105. The summed E-state index contributed by atoms with van der Waals surface area (Å²) in [5, 5.41) is 2.22. The van der Waals surface area contributed by atoms with E-state index in [1.54, 1.807) is 19.1 Å². The molecule has 0 amide bonds. The number of halogens is 1. The molecule has 0 saturated carbocycles. The molecule has 1 nitrogen and oxygen atoms in total. The second-order valence-electron chi connectivity index (χ2n) is 5.26. The Morgan fingerprint density at radius 2 is 1.71 bits per heavy atom. The van der Waals surface area contributed by atoms with Crippen molar-refractivity contribution in [3.05, 3.63) is 83.2 Å². The number of fused-ring (bicyclic) bond motifs is 1. The van der Waals surface area contributed by atoms with E-state index in [-0.39, 0.29) is 17.8 Å². The zero-order valence-corrected chi connectivity index (χ0v) is 11.8. The van der Waals surface area contributed by atoms with Crippen molar-refractivity contribution in [2.45, 2.75) is 13.3 Å². The van der Waals surface area contributed by atoms with Gasteiger partial charge in [-0.2, -0.15) is 0 Å². The Morgan fingerprint density at radius 3 is 2.48 bits per heavy atom. The Hall–Kier alpha value is -2.48. The van der Waals surface area contributed by atoms with Gasteiger partial charge in [-0.1, -0.05) is 48.5 Å². The molecule has 2 heteroatoms. The van der Waals surface area contributed by atoms with Crippen LogP contribution in [0, 0.1) is 12.7 Å². The SMILES string of the molecule is Cc1ccc(C(=O)Cc2ccc3ccccc3c2)c(F)c1. The minimum Gasteiger partial charge on any atom is -0.294 e. The van der Waals surface area contributed by atoms with E-state index in [2.05, 4.69) is 0 Å². The average Bonchev–Trinajstić information content (AvgIpc) is 2.47. The summed E-state index contributed by atoms with van der Waals surface area (Å²) in [6.07, 6.45) is 0.213. The van der Waals surface area contributed by atoms with Crippen molar-refractivity contribution in [1.29, 1.82) is 0 Å². The van der Waals surface area contributed by atoms with Gasteiger partial charge in [0, 0.05) is 6.42 Å².